The molecule has 2 aliphatic heterocycles. The molecule has 2 fully saturated rings. The van der Waals surface area contributed by atoms with Crippen LogP contribution in [0.1, 0.15) is 6.42 Å². The molecule has 0 aromatic heterocycles. The van der Waals surface area contributed by atoms with Gasteiger partial charge in [0.1, 0.15) is 0 Å². The highest BCUT2D eigenvalue weighted by atomic mass is 32.2. The van der Waals surface area contributed by atoms with Gasteiger partial charge in [-0.2, -0.15) is 0 Å². The molecular formula is C6H10O4S2. The van der Waals surface area contributed by atoms with Crippen LogP contribution in [0.2, 0.25) is 0 Å². The van der Waals surface area contributed by atoms with Crippen LogP contribution in [-0.2, 0) is 19.7 Å². The molecule has 2 rings (SSSR count). The van der Waals surface area contributed by atoms with Gasteiger partial charge < -0.3 is 0 Å². The van der Waals surface area contributed by atoms with Crippen LogP contribution in [0.25, 0.3) is 0 Å². The molecule has 12 heavy (non-hydrogen) atoms. The first kappa shape index (κ1) is 8.50. The minimum absolute atomic E-state index is 0.0803. The SMILES string of the molecule is O=S1(=O)CC([C@H]2CCS2(=O)=O)C1. The molecule has 0 unspecified atom stereocenters. The largest absolute Gasteiger partial charge is 0.229 e. The minimum Gasteiger partial charge on any atom is -0.229 e. The Balaban J connectivity index is 2.07. The standard InChI is InChI=1S/C6H10O4S2/c7-11(8)3-5(4-11)6-1-2-12(6,9)10/h5-6H,1-4H2/t6-/m1/s1. The van der Waals surface area contributed by atoms with Gasteiger partial charge in [-0.05, 0) is 6.42 Å². The molecular weight excluding hydrogens is 200 g/mol. The zero-order chi connectivity index (χ0) is 8.98. The highest BCUT2D eigenvalue weighted by Gasteiger charge is 2.48. The summed E-state index contributed by atoms with van der Waals surface area (Å²) in [6.07, 6.45) is 0.655. The van der Waals surface area contributed by atoms with Crippen molar-refractivity contribution in [3.8, 4) is 0 Å². The second-order valence-corrected chi connectivity index (χ2v) is 8.02. The predicted octanol–water partition coefficient (Wildman–Crippen LogP) is -0.782. The number of sulfone groups is 2. The van der Waals surface area contributed by atoms with Crippen LogP contribution < -0.4 is 0 Å². The van der Waals surface area contributed by atoms with Crippen molar-refractivity contribution in [3.63, 3.8) is 0 Å². The molecule has 2 heterocycles. The molecule has 4 nitrogen and oxygen atoms in total. The summed E-state index contributed by atoms with van der Waals surface area (Å²) >= 11 is 0. The third-order valence-corrected chi connectivity index (χ3v) is 6.83. The van der Waals surface area contributed by atoms with E-state index in [0.717, 1.165) is 0 Å². The molecule has 0 N–H and O–H groups in total. The lowest BCUT2D eigenvalue weighted by Gasteiger charge is -2.37. The maximum Gasteiger partial charge on any atom is 0.153 e. The van der Waals surface area contributed by atoms with Gasteiger partial charge in [-0.15, -0.1) is 0 Å². The van der Waals surface area contributed by atoms with Crippen LogP contribution >= 0.6 is 0 Å². The monoisotopic (exact) mass is 210 g/mol. The van der Waals surface area contributed by atoms with Crippen molar-refractivity contribution in [2.45, 2.75) is 11.7 Å². The van der Waals surface area contributed by atoms with Gasteiger partial charge in [0.2, 0.25) is 0 Å². The molecule has 2 saturated heterocycles. The second kappa shape index (κ2) is 2.23. The lowest BCUT2D eigenvalue weighted by molar-refractivity contribution is 0.455. The van der Waals surface area contributed by atoms with Crippen LogP contribution in [0.15, 0.2) is 0 Å². The summed E-state index contributed by atoms with van der Waals surface area (Å²) in [5.41, 5.74) is 0. The normalized spacial score (nSPS) is 38.2. The third-order valence-electron chi connectivity index (χ3n) is 2.61. The van der Waals surface area contributed by atoms with Crippen LogP contribution in [0.4, 0.5) is 0 Å². The van der Waals surface area contributed by atoms with Gasteiger partial charge in [0.25, 0.3) is 0 Å². The van der Waals surface area contributed by atoms with E-state index < -0.39 is 19.7 Å². The Kier molecular flexibility index (Phi) is 1.58. The van der Waals surface area contributed by atoms with E-state index in [0.29, 0.717) is 6.42 Å². The van der Waals surface area contributed by atoms with Crippen molar-refractivity contribution in [2.24, 2.45) is 5.92 Å². The van der Waals surface area contributed by atoms with Crippen molar-refractivity contribution in [1.82, 2.24) is 0 Å². The van der Waals surface area contributed by atoms with Crippen molar-refractivity contribution in [2.75, 3.05) is 17.3 Å². The molecule has 6 heteroatoms. The summed E-state index contributed by atoms with van der Waals surface area (Å²) in [7, 11) is -5.76. The summed E-state index contributed by atoms with van der Waals surface area (Å²) in [6.45, 7) is 0. The first-order chi connectivity index (χ1) is 5.41. The number of rotatable bonds is 1. The number of hydrogen-bond donors (Lipinski definition) is 0. The van der Waals surface area contributed by atoms with E-state index in [-0.39, 0.29) is 28.4 Å². The summed E-state index contributed by atoms with van der Waals surface area (Å²) in [5.74, 6) is 0.302. The van der Waals surface area contributed by atoms with E-state index in [4.69, 9.17) is 0 Å². The van der Waals surface area contributed by atoms with Crippen LogP contribution in [0.5, 0.6) is 0 Å². The summed E-state index contributed by atoms with van der Waals surface area (Å²) in [5, 5.41) is -0.346. The maximum atomic E-state index is 11.1. The van der Waals surface area contributed by atoms with Crippen LogP contribution in [0, 0.1) is 5.92 Å². The molecule has 2 aliphatic rings. The van der Waals surface area contributed by atoms with Crippen LogP contribution in [-0.4, -0.2) is 39.3 Å². The number of hydrogen-bond acceptors (Lipinski definition) is 4. The summed E-state index contributed by atoms with van der Waals surface area (Å²) in [4.78, 5) is 0. The first-order valence-electron chi connectivity index (χ1n) is 3.83. The minimum atomic E-state index is -2.90. The Morgan fingerprint density at radius 3 is 1.83 bits per heavy atom. The molecule has 0 aromatic carbocycles. The third kappa shape index (κ3) is 1.17. The van der Waals surface area contributed by atoms with E-state index in [2.05, 4.69) is 0 Å². The fourth-order valence-electron chi connectivity index (χ4n) is 1.79. The average molecular weight is 210 g/mol. The van der Waals surface area contributed by atoms with E-state index in [1.807, 2.05) is 0 Å². The lowest BCUT2D eigenvalue weighted by atomic mass is 10.1. The molecule has 0 amide bonds. The van der Waals surface area contributed by atoms with Crippen molar-refractivity contribution >= 4 is 19.7 Å². The van der Waals surface area contributed by atoms with Gasteiger partial charge in [-0.1, -0.05) is 0 Å². The van der Waals surface area contributed by atoms with Gasteiger partial charge in [0.15, 0.2) is 19.7 Å². The molecule has 0 bridgehead atoms. The zero-order valence-electron chi connectivity index (χ0n) is 6.43. The van der Waals surface area contributed by atoms with E-state index >= 15 is 0 Å². The summed E-state index contributed by atoms with van der Waals surface area (Å²) < 4.78 is 43.7. The summed E-state index contributed by atoms with van der Waals surface area (Å²) in [6, 6.07) is 0. The maximum absolute atomic E-state index is 11.1. The topological polar surface area (TPSA) is 68.3 Å². The predicted molar refractivity (Wildman–Crippen MR) is 44.3 cm³/mol. The molecule has 1 atom stereocenters. The van der Waals surface area contributed by atoms with E-state index in [9.17, 15) is 16.8 Å². The van der Waals surface area contributed by atoms with Crippen molar-refractivity contribution in [1.29, 1.82) is 0 Å². The van der Waals surface area contributed by atoms with Crippen LogP contribution in [0.3, 0.4) is 0 Å². The molecule has 0 aromatic rings. The van der Waals surface area contributed by atoms with Gasteiger partial charge >= 0.3 is 0 Å². The molecule has 0 spiro atoms. The highest BCUT2D eigenvalue weighted by molar-refractivity contribution is 7.94. The molecule has 0 radical (unpaired) electrons. The van der Waals surface area contributed by atoms with E-state index in [1.165, 1.54) is 0 Å². The molecule has 0 saturated carbocycles. The highest BCUT2D eigenvalue weighted by Crippen LogP contribution is 2.34. The quantitative estimate of drug-likeness (QED) is 0.569. The van der Waals surface area contributed by atoms with Gasteiger partial charge in [0, 0.05) is 5.92 Å². The van der Waals surface area contributed by atoms with Crippen molar-refractivity contribution < 1.29 is 16.8 Å². The Morgan fingerprint density at radius 2 is 1.58 bits per heavy atom. The molecule has 0 aliphatic carbocycles. The van der Waals surface area contributed by atoms with E-state index in [1.54, 1.807) is 0 Å². The van der Waals surface area contributed by atoms with Gasteiger partial charge in [-0.25, -0.2) is 16.8 Å². The fraction of sp³-hybridized carbons (Fsp3) is 1.00. The Morgan fingerprint density at radius 1 is 1.00 bits per heavy atom. The van der Waals surface area contributed by atoms with Crippen molar-refractivity contribution in [3.05, 3.63) is 0 Å². The van der Waals surface area contributed by atoms with Gasteiger partial charge in [0.05, 0.1) is 22.5 Å². The fourth-order valence-corrected chi connectivity index (χ4v) is 5.38. The zero-order valence-corrected chi connectivity index (χ0v) is 8.07. The Hall–Kier alpha value is -0.100. The van der Waals surface area contributed by atoms with Gasteiger partial charge in [-0.3, -0.25) is 0 Å². The Bertz CT molecular complexity index is 379. The average Bonchev–Trinajstić information content (AvgIpc) is 1.81. The molecule has 70 valence electrons. The lowest BCUT2D eigenvalue weighted by Crippen LogP contribution is -2.52. The Labute approximate surface area is 71.8 Å². The first-order valence-corrected chi connectivity index (χ1v) is 7.36. The smallest absolute Gasteiger partial charge is 0.153 e. The second-order valence-electron chi connectivity index (χ2n) is 3.53.